The quantitative estimate of drug-likeness (QED) is 0.486. The van der Waals surface area contributed by atoms with Gasteiger partial charge in [0.15, 0.2) is 5.60 Å². The molecule has 0 aliphatic carbocycles. The molecule has 3 aromatic rings. The number of rotatable bonds is 4. The molecule has 160 valence electrons. The lowest BCUT2D eigenvalue weighted by molar-refractivity contribution is -0.274. The summed E-state index contributed by atoms with van der Waals surface area (Å²) in [6.45, 7) is 1.12. The maximum absolute atomic E-state index is 14.2. The Bertz CT molecular complexity index is 1180. The minimum atomic E-state index is -5.14. The summed E-state index contributed by atoms with van der Waals surface area (Å²) in [7, 11) is 0. The van der Waals surface area contributed by atoms with E-state index in [1.165, 1.54) is 6.07 Å². The first-order chi connectivity index (χ1) is 14.5. The van der Waals surface area contributed by atoms with Crippen molar-refractivity contribution in [3.63, 3.8) is 0 Å². The monoisotopic (exact) mass is 452 g/mol. The van der Waals surface area contributed by atoms with Crippen LogP contribution in [0, 0.1) is 23.0 Å². The average molecular weight is 453 g/mol. The smallest absolute Gasteiger partial charge is 0.376 e. The Morgan fingerprint density at radius 3 is 2.39 bits per heavy atom. The Balaban J connectivity index is 2.16. The van der Waals surface area contributed by atoms with Gasteiger partial charge >= 0.3 is 6.18 Å². The Morgan fingerprint density at radius 2 is 1.77 bits per heavy atom. The van der Waals surface area contributed by atoms with Crippen LogP contribution in [0.25, 0.3) is 11.3 Å². The molecule has 3 nitrogen and oxygen atoms in total. The van der Waals surface area contributed by atoms with Crippen molar-refractivity contribution < 1.29 is 27.1 Å². The van der Waals surface area contributed by atoms with Crippen LogP contribution in [-0.2, 0) is 5.60 Å². The van der Waals surface area contributed by atoms with Gasteiger partial charge in [-0.3, -0.25) is 4.98 Å². The molecule has 0 saturated heterocycles. The van der Waals surface area contributed by atoms with Crippen molar-refractivity contribution in [3.05, 3.63) is 88.1 Å². The van der Waals surface area contributed by atoms with E-state index in [2.05, 4.69) is 4.98 Å². The molecular weight excluding hydrogens is 439 g/mol. The zero-order valence-corrected chi connectivity index (χ0v) is 16.6. The van der Waals surface area contributed by atoms with Crippen molar-refractivity contribution in [1.82, 2.24) is 4.98 Å². The van der Waals surface area contributed by atoms with Gasteiger partial charge in [0.05, 0.1) is 11.3 Å². The number of benzene rings is 2. The highest BCUT2D eigenvalue weighted by Gasteiger charge is 2.59. The third kappa shape index (κ3) is 4.11. The molecule has 0 saturated carbocycles. The second kappa shape index (κ2) is 8.25. The molecule has 0 radical (unpaired) electrons. The first kappa shape index (κ1) is 22.7. The molecule has 1 aromatic heterocycles. The lowest BCUT2D eigenvalue weighted by Crippen LogP contribution is -2.46. The molecule has 2 aromatic carbocycles. The van der Waals surface area contributed by atoms with Gasteiger partial charge in [-0.25, -0.2) is 8.78 Å². The summed E-state index contributed by atoms with van der Waals surface area (Å²) in [6, 6.07) is 9.96. The molecule has 0 aliphatic heterocycles. The number of halogens is 6. The Labute approximate surface area is 179 Å². The maximum Gasteiger partial charge on any atom is 0.422 e. The van der Waals surface area contributed by atoms with Gasteiger partial charge in [0.25, 0.3) is 0 Å². The van der Waals surface area contributed by atoms with E-state index in [9.17, 15) is 27.1 Å². The van der Waals surface area contributed by atoms with Crippen LogP contribution < -0.4 is 0 Å². The second-order valence-corrected chi connectivity index (χ2v) is 7.30. The highest BCUT2D eigenvalue weighted by Crippen LogP contribution is 2.50. The predicted octanol–water partition coefficient (Wildman–Crippen LogP) is 6.11. The predicted molar refractivity (Wildman–Crippen MR) is 104 cm³/mol. The van der Waals surface area contributed by atoms with Crippen LogP contribution in [0.5, 0.6) is 0 Å². The number of pyridine rings is 1. The summed E-state index contributed by atoms with van der Waals surface area (Å²) in [5, 5.41) is 19.7. The Morgan fingerprint density at radius 1 is 1.06 bits per heavy atom. The molecule has 0 aliphatic rings. The van der Waals surface area contributed by atoms with Crippen LogP contribution in [0.1, 0.15) is 29.5 Å². The molecular formula is C22H14ClF5N2O. The molecule has 0 bridgehead atoms. The zero-order valence-electron chi connectivity index (χ0n) is 15.9. The minimum Gasteiger partial charge on any atom is -0.376 e. The van der Waals surface area contributed by atoms with Gasteiger partial charge in [0.1, 0.15) is 17.7 Å². The minimum absolute atomic E-state index is 0.00548. The van der Waals surface area contributed by atoms with Gasteiger partial charge in [-0.05, 0) is 53.6 Å². The van der Waals surface area contributed by atoms with Crippen molar-refractivity contribution in [2.75, 3.05) is 0 Å². The van der Waals surface area contributed by atoms with Crippen molar-refractivity contribution >= 4 is 11.6 Å². The second-order valence-electron chi connectivity index (χ2n) is 6.89. The van der Waals surface area contributed by atoms with E-state index < -0.39 is 34.9 Å². The van der Waals surface area contributed by atoms with Gasteiger partial charge in [0.2, 0.25) is 0 Å². The topological polar surface area (TPSA) is 56.9 Å². The van der Waals surface area contributed by atoms with Gasteiger partial charge < -0.3 is 5.11 Å². The molecule has 31 heavy (non-hydrogen) atoms. The fraction of sp³-hybridized carbons (Fsp3) is 0.182. The van der Waals surface area contributed by atoms with E-state index in [1.807, 2.05) is 0 Å². The number of nitrogens with zero attached hydrogens (tertiary/aromatic N) is 2. The molecule has 1 heterocycles. The van der Waals surface area contributed by atoms with Gasteiger partial charge in [0, 0.05) is 22.7 Å². The van der Waals surface area contributed by atoms with E-state index in [0.29, 0.717) is 0 Å². The molecule has 0 spiro atoms. The van der Waals surface area contributed by atoms with Crippen LogP contribution in [0.4, 0.5) is 22.0 Å². The summed E-state index contributed by atoms with van der Waals surface area (Å²) in [5.74, 6) is -3.13. The lowest BCUT2D eigenvalue weighted by Gasteiger charge is -2.37. The van der Waals surface area contributed by atoms with Crippen LogP contribution >= 0.6 is 11.6 Å². The zero-order chi connectivity index (χ0) is 23.0. The molecule has 0 fully saturated rings. The number of hydrogen-bond acceptors (Lipinski definition) is 3. The van der Waals surface area contributed by atoms with Crippen LogP contribution in [0.15, 0.2) is 54.7 Å². The summed E-state index contributed by atoms with van der Waals surface area (Å²) in [6.07, 6.45) is -4.07. The average Bonchev–Trinajstić information content (AvgIpc) is 2.72. The van der Waals surface area contributed by atoms with E-state index in [1.54, 1.807) is 6.07 Å². The van der Waals surface area contributed by atoms with Gasteiger partial charge in [-0.15, -0.1) is 0 Å². The molecule has 2 atom stereocenters. The summed E-state index contributed by atoms with van der Waals surface area (Å²) < 4.78 is 69.5. The molecule has 1 N–H and O–H groups in total. The van der Waals surface area contributed by atoms with Crippen LogP contribution in [0.2, 0.25) is 5.02 Å². The lowest BCUT2D eigenvalue weighted by atomic mass is 9.77. The highest BCUT2D eigenvalue weighted by molar-refractivity contribution is 6.31. The standard InChI is InChI=1S/C22H14ClF5N2O/c1-12(17-4-3-16(24)10-18(17)23)21(31,22(26,27)28)15-6-7-30-20(9-15)13-2-5-19(25)14(8-13)11-29/h2-10,12,31H,1H3. The Hall–Kier alpha value is -3.02. The normalized spacial score (nSPS) is 14.5. The first-order valence-corrected chi connectivity index (χ1v) is 9.27. The van der Waals surface area contributed by atoms with Crippen molar-refractivity contribution in [2.45, 2.75) is 24.6 Å². The largest absolute Gasteiger partial charge is 0.422 e. The first-order valence-electron chi connectivity index (χ1n) is 8.89. The number of alkyl halides is 3. The summed E-state index contributed by atoms with van der Waals surface area (Å²) in [5.41, 5.74) is -4.16. The van der Waals surface area contributed by atoms with Gasteiger partial charge in [-0.2, -0.15) is 18.4 Å². The number of hydrogen-bond donors (Lipinski definition) is 1. The summed E-state index contributed by atoms with van der Waals surface area (Å²) >= 11 is 5.95. The van der Waals surface area contributed by atoms with Crippen molar-refractivity contribution in [2.24, 2.45) is 0 Å². The summed E-state index contributed by atoms with van der Waals surface area (Å²) in [4.78, 5) is 3.99. The van der Waals surface area contributed by atoms with E-state index in [-0.39, 0.29) is 27.4 Å². The van der Waals surface area contributed by atoms with Crippen LogP contribution in [-0.4, -0.2) is 16.3 Å². The fourth-order valence-electron chi connectivity index (χ4n) is 3.33. The molecule has 3 rings (SSSR count). The van der Waals surface area contributed by atoms with Crippen molar-refractivity contribution in [3.8, 4) is 17.3 Å². The van der Waals surface area contributed by atoms with Gasteiger partial charge in [-0.1, -0.05) is 24.6 Å². The van der Waals surface area contributed by atoms with E-state index in [0.717, 1.165) is 55.6 Å². The highest BCUT2D eigenvalue weighted by atomic mass is 35.5. The Kier molecular flexibility index (Phi) is 6.03. The SMILES string of the molecule is CC(c1ccc(F)cc1Cl)C(O)(c1ccnc(-c2ccc(F)c(C#N)c2)c1)C(F)(F)F. The molecule has 2 unspecified atom stereocenters. The van der Waals surface area contributed by atoms with Crippen molar-refractivity contribution in [1.29, 1.82) is 5.26 Å². The number of aromatic nitrogens is 1. The molecule has 0 amide bonds. The van der Waals surface area contributed by atoms with Crippen LogP contribution in [0.3, 0.4) is 0 Å². The third-order valence-electron chi connectivity index (χ3n) is 5.07. The third-order valence-corrected chi connectivity index (χ3v) is 5.40. The molecule has 9 heteroatoms. The maximum atomic E-state index is 14.2. The fourth-order valence-corrected chi connectivity index (χ4v) is 3.66. The van der Waals surface area contributed by atoms with E-state index >= 15 is 0 Å². The number of nitriles is 1. The van der Waals surface area contributed by atoms with E-state index in [4.69, 9.17) is 16.9 Å². The number of aliphatic hydroxyl groups is 1.